The van der Waals surface area contributed by atoms with Gasteiger partial charge >= 0.3 is 0 Å². The van der Waals surface area contributed by atoms with Crippen LogP contribution in [0.3, 0.4) is 0 Å². The summed E-state index contributed by atoms with van der Waals surface area (Å²) >= 11 is 6.44. The van der Waals surface area contributed by atoms with Crippen LogP contribution in [0.15, 0.2) is 49.1 Å². The lowest BCUT2D eigenvalue weighted by Crippen LogP contribution is -2.56. The number of hydrogen-bond acceptors (Lipinski definition) is 7. The van der Waals surface area contributed by atoms with E-state index in [1.54, 1.807) is 19.1 Å². The second-order valence-electron chi connectivity index (χ2n) is 13.9. The van der Waals surface area contributed by atoms with Crippen molar-refractivity contribution in [3.05, 3.63) is 70.8 Å². The molecule has 0 radical (unpaired) electrons. The maximum absolute atomic E-state index is 13.5. The van der Waals surface area contributed by atoms with Crippen molar-refractivity contribution in [1.82, 2.24) is 4.72 Å². The Kier molecular flexibility index (Phi) is 9.51. The Labute approximate surface area is 278 Å². The van der Waals surface area contributed by atoms with Gasteiger partial charge in [-0.25, -0.2) is 13.1 Å². The molecule has 0 aromatic heterocycles. The second kappa shape index (κ2) is 13.1. The van der Waals surface area contributed by atoms with Gasteiger partial charge in [0.15, 0.2) is 0 Å². The first kappa shape index (κ1) is 33.3. The molecule has 6 atom stereocenters. The lowest BCUT2D eigenvalue weighted by Gasteiger charge is -2.51. The summed E-state index contributed by atoms with van der Waals surface area (Å²) in [6, 6.07) is 11.5. The first-order valence-electron chi connectivity index (χ1n) is 16.7. The van der Waals surface area contributed by atoms with Crippen molar-refractivity contribution in [2.75, 3.05) is 44.4 Å². The lowest BCUT2D eigenvalue weighted by atomic mass is 9.64. The van der Waals surface area contributed by atoms with Gasteiger partial charge in [-0.1, -0.05) is 44.0 Å². The van der Waals surface area contributed by atoms with Crippen molar-refractivity contribution in [3.63, 3.8) is 0 Å². The number of hydrogen-bond donors (Lipinski definition) is 1. The van der Waals surface area contributed by atoms with Crippen LogP contribution in [0.1, 0.15) is 74.4 Å². The Balaban J connectivity index is 1.35. The highest BCUT2D eigenvalue weighted by molar-refractivity contribution is 7.90. The lowest BCUT2D eigenvalue weighted by molar-refractivity contribution is -0.182. The summed E-state index contributed by atoms with van der Waals surface area (Å²) < 4.78 is 47.4. The fourth-order valence-corrected chi connectivity index (χ4v) is 9.50. The van der Waals surface area contributed by atoms with Gasteiger partial charge < -0.3 is 19.1 Å². The van der Waals surface area contributed by atoms with Crippen molar-refractivity contribution < 1.29 is 27.4 Å². The largest absolute Gasteiger partial charge is 0.490 e. The second-order valence-corrected chi connectivity index (χ2v) is 16.3. The van der Waals surface area contributed by atoms with Crippen molar-refractivity contribution in [3.8, 4) is 5.75 Å². The number of fused-ring (bicyclic) bond motifs is 3. The summed E-state index contributed by atoms with van der Waals surface area (Å²) in [5.74, 6) is 0.542. The number of nitrogens with one attached hydrogen (secondary N) is 1. The summed E-state index contributed by atoms with van der Waals surface area (Å²) in [5.41, 5.74) is 2.83. The number of carbonyl (C=O) groups is 1. The Morgan fingerprint density at radius 2 is 2.00 bits per heavy atom. The monoisotopic (exact) mass is 670 g/mol. The van der Waals surface area contributed by atoms with Crippen LogP contribution in [0.25, 0.3) is 0 Å². The topological polar surface area (TPSA) is 94.2 Å². The first-order chi connectivity index (χ1) is 22.0. The number of halogens is 1. The van der Waals surface area contributed by atoms with Crippen molar-refractivity contribution >= 4 is 33.2 Å². The predicted octanol–water partition coefficient (Wildman–Crippen LogP) is 6.31. The van der Waals surface area contributed by atoms with Crippen molar-refractivity contribution in [2.24, 2.45) is 17.8 Å². The van der Waals surface area contributed by atoms with E-state index >= 15 is 0 Å². The fourth-order valence-electron chi connectivity index (χ4n) is 7.94. The Morgan fingerprint density at radius 3 is 2.70 bits per heavy atom. The fraction of sp³-hybridized carbons (Fsp3) is 0.583. The van der Waals surface area contributed by atoms with E-state index in [4.69, 9.17) is 25.8 Å². The van der Waals surface area contributed by atoms with Gasteiger partial charge in [-0.05, 0) is 98.2 Å². The summed E-state index contributed by atoms with van der Waals surface area (Å²) in [6.45, 7) is 13.2. The molecule has 8 nitrogen and oxygen atoms in total. The number of benzene rings is 2. The molecule has 1 saturated heterocycles. The van der Waals surface area contributed by atoms with Gasteiger partial charge in [0, 0.05) is 29.1 Å². The molecule has 10 heteroatoms. The van der Waals surface area contributed by atoms with Crippen LogP contribution in [0.4, 0.5) is 5.69 Å². The highest BCUT2D eigenvalue weighted by Crippen LogP contribution is 2.49. The number of amides is 1. The first-order valence-corrected chi connectivity index (χ1v) is 18.7. The van der Waals surface area contributed by atoms with Crippen LogP contribution in [0, 0.1) is 17.8 Å². The van der Waals surface area contributed by atoms with Gasteiger partial charge in [-0.2, -0.15) is 0 Å². The third-order valence-electron chi connectivity index (χ3n) is 11.2. The predicted molar refractivity (Wildman–Crippen MR) is 181 cm³/mol. The van der Waals surface area contributed by atoms with Gasteiger partial charge in [-0.3, -0.25) is 4.79 Å². The molecule has 0 bridgehead atoms. The Morgan fingerprint density at radius 1 is 1.17 bits per heavy atom. The van der Waals surface area contributed by atoms with E-state index in [2.05, 4.69) is 28.3 Å². The molecule has 2 aromatic rings. The number of ether oxygens (including phenoxy) is 3. The quantitative estimate of drug-likeness (QED) is 0.313. The van der Waals surface area contributed by atoms with E-state index in [0.717, 1.165) is 49.4 Å². The van der Waals surface area contributed by atoms with Gasteiger partial charge in [0.1, 0.15) is 11.4 Å². The van der Waals surface area contributed by atoms with Gasteiger partial charge in [0.25, 0.3) is 5.91 Å². The number of aryl methyl sites for hydroxylation is 1. The number of anilines is 1. The van der Waals surface area contributed by atoms with Crippen molar-refractivity contribution in [2.45, 2.75) is 75.6 Å². The minimum atomic E-state index is -3.85. The van der Waals surface area contributed by atoms with Gasteiger partial charge in [0.2, 0.25) is 10.0 Å². The summed E-state index contributed by atoms with van der Waals surface area (Å²) in [7, 11) is -3.85. The maximum atomic E-state index is 13.5. The van der Waals surface area contributed by atoms with Crippen LogP contribution in [0.2, 0.25) is 5.02 Å². The molecule has 1 saturated carbocycles. The third kappa shape index (κ3) is 6.20. The standard InChI is InChI=1S/C36H47ClN2O6S/c1-5-24(3)25(4)46(41,42)38-34(40)27-10-14-33-32(19-27)39(20-28-9-12-31(28)36(6-2)23-43-16-17-45-36)21-35(22-44-33)15-7-8-26-18-29(37)11-13-30(26)35/h6,10-11,13-14,18-19,24-25,28,31H,2,5,7-9,12,15-17,20-23H2,1,3-4H3,(H,38,40)/t24-,25+,28-,31+,35-,36-/m0/s1. The molecule has 0 unspecified atom stereocenters. The normalized spacial score (nSPS) is 28.9. The van der Waals surface area contributed by atoms with E-state index in [1.165, 1.54) is 11.1 Å². The minimum Gasteiger partial charge on any atom is -0.490 e. The highest BCUT2D eigenvalue weighted by Gasteiger charge is 2.50. The Bertz CT molecular complexity index is 1570. The molecular formula is C36H47ClN2O6S. The van der Waals surface area contributed by atoms with Crippen LogP contribution in [0.5, 0.6) is 5.75 Å². The van der Waals surface area contributed by atoms with Gasteiger partial charge in [-0.15, -0.1) is 6.58 Å². The molecule has 2 aliphatic carbocycles. The molecule has 250 valence electrons. The number of nitrogens with zero attached hydrogens (tertiary/aromatic N) is 1. The smallest absolute Gasteiger partial charge is 0.264 e. The number of carbonyl (C=O) groups excluding carboxylic acids is 1. The van der Waals surface area contributed by atoms with Crippen LogP contribution in [-0.2, 0) is 31.3 Å². The molecule has 6 rings (SSSR count). The Hall–Kier alpha value is -2.59. The highest BCUT2D eigenvalue weighted by atomic mass is 35.5. The van der Waals surface area contributed by atoms with Crippen LogP contribution >= 0.6 is 11.6 Å². The zero-order valence-electron chi connectivity index (χ0n) is 27.2. The van der Waals surface area contributed by atoms with E-state index < -0.39 is 26.8 Å². The molecule has 4 aliphatic rings. The molecule has 2 fully saturated rings. The SMILES string of the molecule is C=C[C@@]1([C@@H]2CC[C@H]2CN2C[C@@]3(CCCc4cc(Cl)ccc43)COc3ccc(C(=O)NS(=O)(=O)[C@H](C)[C@@H](C)CC)cc32)COCCO1. The zero-order valence-corrected chi connectivity index (χ0v) is 28.8. The summed E-state index contributed by atoms with van der Waals surface area (Å²) in [5, 5.41) is 0.0426. The number of rotatable bonds is 9. The van der Waals surface area contributed by atoms with Crippen molar-refractivity contribution in [1.29, 1.82) is 0 Å². The minimum absolute atomic E-state index is 0.0847. The molecule has 1 N–H and O–H groups in total. The average molecular weight is 671 g/mol. The van der Waals surface area contributed by atoms with E-state index in [1.807, 2.05) is 32.1 Å². The van der Waals surface area contributed by atoms with E-state index in [-0.39, 0.29) is 22.8 Å². The molecule has 1 amide bonds. The molecular weight excluding hydrogens is 624 g/mol. The average Bonchev–Trinajstić information content (AvgIpc) is 3.19. The van der Waals surface area contributed by atoms with E-state index in [0.29, 0.717) is 51.1 Å². The summed E-state index contributed by atoms with van der Waals surface area (Å²) in [4.78, 5) is 15.8. The molecule has 2 aliphatic heterocycles. The zero-order chi connectivity index (χ0) is 32.7. The van der Waals surface area contributed by atoms with Gasteiger partial charge in [0.05, 0.1) is 37.4 Å². The molecule has 2 heterocycles. The van der Waals surface area contributed by atoms with E-state index in [9.17, 15) is 13.2 Å². The van der Waals surface area contributed by atoms with Crippen LogP contribution < -0.4 is 14.4 Å². The molecule has 1 spiro atoms. The number of sulfonamides is 1. The maximum Gasteiger partial charge on any atom is 0.264 e. The third-order valence-corrected chi connectivity index (χ3v) is 13.4. The molecule has 46 heavy (non-hydrogen) atoms. The van der Waals surface area contributed by atoms with Crippen LogP contribution in [-0.4, -0.2) is 64.7 Å². The molecule has 2 aromatic carbocycles. The summed E-state index contributed by atoms with van der Waals surface area (Å²) in [6.07, 6.45) is 7.66.